The van der Waals surface area contributed by atoms with E-state index in [0.29, 0.717) is 40.7 Å². The summed E-state index contributed by atoms with van der Waals surface area (Å²) in [7, 11) is 0. The summed E-state index contributed by atoms with van der Waals surface area (Å²) >= 11 is 6.31. The number of hydrogen-bond acceptors (Lipinski definition) is 2. The Kier molecular flexibility index (Phi) is 4.32. The van der Waals surface area contributed by atoms with Gasteiger partial charge < -0.3 is 5.11 Å². The van der Waals surface area contributed by atoms with Crippen molar-refractivity contribution in [2.45, 2.75) is 77.7 Å². The molecule has 4 saturated carbocycles. The Balaban J connectivity index is 1.66. The molecular formula is C21H33ClO2. The van der Waals surface area contributed by atoms with Crippen LogP contribution < -0.4 is 0 Å². The molecule has 4 aliphatic carbocycles. The lowest BCUT2D eigenvalue weighted by atomic mass is 9.44. The molecular weight excluding hydrogens is 320 g/mol. The van der Waals surface area contributed by atoms with E-state index in [0.717, 1.165) is 31.6 Å². The van der Waals surface area contributed by atoms with Crippen LogP contribution in [-0.2, 0) is 4.79 Å². The van der Waals surface area contributed by atoms with Crippen LogP contribution in [0.1, 0.15) is 71.6 Å². The molecule has 3 heteroatoms. The lowest BCUT2D eigenvalue weighted by molar-refractivity contribution is -0.152. The van der Waals surface area contributed by atoms with Gasteiger partial charge in [0.1, 0.15) is 5.78 Å². The van der Waals surface area contributed by atoms with Crippen molar-refractivity contribution in [3.63, 3.8) is 0 Å². The highest BCUT2D eigenvalue weighted by molar-refractivity contribution is 6.18. The monoisotopic (exact) mass is 352 g/mol. The molecule has 0 radical (unpaired) electrons. The summed E-state index contributed by atoms with van der Waals surface area (Å²) in [6.45, 7) is 4.34. The van der Waals surface area contributed by atoms with Crippen LogP contribution in [0.25, 0.3) is 0 Å². The molecule has 4 fully saturated rings. The van der Waals surface area contributed by atoms with Gasteiger partial charge in [0.05, 0.1) is 6.10 Å². The van der Waals surface area contributed by atoms with Gasteiger partial charge in [-0.2, -0.15) is 0 Å². The van der Waals surface area contributed by atoms with Gasteiger partial charge >= 0.3 is 0 Å². The normalized spacial score (nSPS) is 53.8. The third kappa shape index (κ3) is 2.21. The molecule has 136 valence electrons. The van der Waals surface area contributed by atoms with Gasteiger partial charge in [0.25, 0.3) is 0 Å². The Labute approximate surface area is 151 Å². The molecule has 0 aromatic heterocycles. The zero-order valence-electron chi connectivity index (χ0n) is 15.3. The van der Waals surface area contributed by atoms with Gasteiger partial charge in [0.2, 0.25) is 0 Å². The molecule has 0 heterocycles. The van der Waals surface area contributed by atoms with Crippen molar-refractivity contribution in [2.75, 3.05) is 5.88 Å². The molecule has 2 nitrogen and oxygen atoms in total. The highest BCUT2D eigenvalue weighted by atomic mass is 35.5. The summed E-state index contributed by atoms with van der Waals surface area (Å²) in [5, 5.41) is 10.1. The summed E-state index contributed by atoms with van der Waals surface area (Å²) in [6, 6.07) is 0. The molecule has 0 aliphatic heterocycles. The van der Waals surface area contributed by atoms with Crippen molar-refractivity contribution in [3.05, 3.63) is 0 Å². The van der Waals surface area contributed by atoms with E-state index in [2.05, 4.69) is 6.92 Å². The lowest BCUT2D eigenvalue weighted by Gasteiger charge is -2.61. The number of halogens is 1. The molecule has 4 aliphatic rings. The molecule has 4 rings (SSSR count). The van der Waals surface area contributed by atoms with Gasteiger partial charge in [-0.1, -0.05) is 6.92 Å². The number of aliphatic hydroxyl groups excluding tert-OH is 1. The second-order valence-corrected chi connectivity index (χ2v) is 9.96. The number of ketones is 1. The minimum Gasteiger partial charge on any atom is -0.393 e. The average Bonchev–Trinajstić information content (AvgIpc) is 2.95. The van der Waals surface area contributed by atoms with Crippen molar-refractivity contribution in [2.24, 2.45) is 40.4 Å². The summed E-state index contributed by atoms with van der Waals surface area (Å²) in [5.74, 6) is 4.21. The van der Waals surface area contributed by atoms with E-state index >= 15 is 0 Å². The van der Waals surface area contributed by atoms with Crippen LogP contribution >= 0.6 is 11.6 Å². The molecule has 8 atom stereocenters. The Morgan fingerprint density at radius 2 is 1.88 bits per heavy atom. The smallest absolute Gasteiger partial charge is 0.136 e. The maximum absolute atomic E-state index is 12.8. The van der Waals surface area contributed by atoms with E-state index in [1.54, 1.807) is 0 Å². The van der Waals surface area contributed by atoms with Crippen molar-refractivity contribution < 1.29 is 9.90 Å². The van der Waals surface area contributed by atoms with Gasteiger partial charge in [-0.05, 0) is 99.7 Å². The minimum atomic E-state index is -0.111. The SMILES string of the molecule is CC(=O)[C@]12CC[C@H]3[C@@H](CC[C@H]4C[C@H](O)CC[C@@]43C)[C@@H]1CC[C@@H]2CCl. The third-order valence-corrected chi connectivity index (χ3v) is 9.53. The first-order valence-corrected chi connectivity index (χ1v) is 10.7. The average molecular weight is 353 g/mol. The quantitative estimate of drug-likeness (QED) is 0.724. The van der Waals surface area contributed by atoms with Gasteiger partial charge in [-0.15, -0.1) is 11.6 Å². The van der Waals surface area contributed by atoms with Gasteiger partial charge in [-0.25, -0.2) is 0 Å². The fourth-order valence-electron chi connectivity index (χ4n) is 7.96. The molecule has 0 aromatic rings. The number of alkyl halides is 1. The van der Waals surface area contributed by atoms with Gasteiger partial charge in [0, 0.05) is 11.3 Å². The second-order valence-electron chi connectivity index (χ2n) is 9.65. The first-order chi connectivity index (χ1) is 11.4. The third-order valence-electron chi connectivity index (χ3n) is 9.16. The second kappa shape index (κ2) is 5.98. The first-order valence-electron chi connectivity index (χ1n) is 10.2. The van der Waals surface area contributed by atoms with Crippen LogP contribution in [0.15, 0.2) is 0 Å². The summed E-state index contributed by atoms with van der Waals surface area (Å²) in [5.41, 5.74) is 0.282. The zero-order chi connectivity index (χ0) is 17.1. The highest BCUT2D eigenvalue weighted by Gasteiger charge is 2.63. The molecule has 0 unspecified atom stereocenters. The van der Waals surface area contributed by atoms with Gasteiger partial charge in [0.15, 0.2) is 0 Å². The largest absolute Gasteiger partial charge is 0.393 e. The highest BCUT2D eigenvalue weighted by Crippen LogP contribution is 2.67. The molecule has 0 amide bonds. The van der Waals surface area contributed by atoms with Crippen LogP contribution in [-0.4, -0.2) is 22.9 Å². The van der Waals surface area contributed by atoms with E-state index in [4.69, 9.17) is 11.6 Å². The Bertz CT molecular complexity index is 520. The number of carbonyl (C=O) groups excluding carboxylic acids is 1. The molecule has 1 N–H and O–H groups in total. The van der Waals surface area contributed by atoms with E-state index in [1.165, 1.54) is 32.1 Å². The van der Waals surface area contributed by atoms with Gasteiger partial charge in [-0.3, -0.25) is 4.79 Å². The number of fused-ring (bicyclic) bond motifs is 5. The van der Waals surface area contributed by atoms with E-state index in [9.17, 15) is 9.90 Å². The number of Topliss-reactive ketones (excluding diaryl/α,β-unsaturated/α-hetero) is 1. The number of rotatable bonds is 2. The van der Waals surface area contributed by atoms with Crippen molar-refractivity contribution >= 4 is 17.4 Å². The fourth-order valence-corrected chi connectivity index (χ4v) is 8.39. The summed E-state index contributed by atoms with van der Waals surface area (Å²) < 4.78 is 0. The Morgan fingerprint density at radius 1 is 1.08 bits per heavy atom. The van der Waals surface area contributed by atoms with Crippen LogP contribution in [0.5, 0.6) is 0 Å². The number of hydrogen-bond donors (Lipinski definition) is 1. The van der Waals surface area contributed by atoms with Crippen molar-refractivity contribution in [1.82, 2.24) is 0 Å². The standard InChI is InChI=1S/C21H33ClO2/c1-13(23)21-10-8-18-17(19(21)6-4-15(21)12-22)5-3-14-11-16(24)7-9-20(14,18)2/h14-19,24H,3-12H2,1-2H3/t14-,15+,16+,17+,18-,19-,20-,21-/m0/s1. The minimum absolute atomic E-state index is 0.0772. The molecule has 0 aromatic carbocycles. The maximum atomic E-state index is 12.8. The molecule has 0 spiro atoms. The first kappa shape index (κ1) is 17.3. The van der Waals surface area contributed by atoms with Crippen LogP contribution in [0, 0.1) is 40.4 Å². The van der Waals surface area contributed by atoms with Crippen molar-refractivity contribution in [3.8, 4) is 0 Å². The predicted molar refractivity (Wildman–Crippen MR) is 97.0 cm³/mol. The topological polar surface area (TPSA) is 37.3 Å². The number of aliphatic hydroxyl groups is 1. The van der Waals surface area contributed by atoms with Crippen LogP contribution in [0.3, 0.4) is 0 Å². The Hall–Kier alpha value is -0.0800. The van der Waals surface area contributed by atoms with E-state index in [-0.39, 0.29) is 11.5 Å². The maximum Gasteiger partial charge on any atom is 0.136 e. The molecule has 0 saturated heterocycles. The number of carbonyl (C=O) groups is 1. The van der Waals surface area contributed by atoms with Crippen molar-refractivity contribution in [1.29, 1.82) is 0 Å². The Morgan fingerprint density at radius 3 is 2.58 bits per heavy atom. The fraction of sp³-hybridized carbons (Fsp3) is 0.952. The van der Waals surface area contributed by atoms with Crippen LogP contribution in [0.2, 0.25) is 0 Å². The van der Waals surface area contributed by atoms with E-state index in [1.807, 2.05) is 6.92 Å². The van der Waals surface area contributed by atoms with E-state index < -0.39 is 0 Å². The predicted octanol–water partition coefficient (Wildman–Crippen LogP) is 4.81. The van der Waals surface area contributed by atoms with Crippen LogP contribution in [0.4, 0.5) is 0 Å². The zero-order valence-corrected chi connectivity index (χ0v) is 16.0. The summed E-state index contributed by atoms with van der Waals surface area (Å²) in [6.07, 6.45) is 10.2. The summed E-state index contributed by atoms with van der Waals surface area (Å²) in [4.78, 5) is 12.8. The lowest BCUT2D eigenvalue weighted by Crippen LogP contribution is -2.56. The molecule has 0 bridgehead atoms. The molecule has 24 heavy (non-hydrogen) atoms.